The summed E-state index contributed by atoms with van der Waals surface area (Å²) < 4.78 is 12.7. The Morgan fingerprint density at radius 1 is 1.35 bits per heavy atom. The fraction of sp³-hybridized carbons (Fsp3) is 0.143. The minimum atomic E-state index is -0.926. The molecule has 0 radical (unpaired) electrons. The number of aliphatic hydroxyl groups is 1. The van der Waals surface area contributed by atoms with Crippen LogP contribution in [0.4, 0.5) is 4.39 Å². The van der Waals surface area contributed by atoms with E-state index in [1.54, 1.807) is 0 Å². The molecule has 1 aromatic heterocycles. The van der Waals surface area contributed by atoms with Gasteiger partial charge in [-0.2, -0.15) is 5.26 Å². The summed E-state index contributed by atoms with van der Waals surface area (Å²) in [5, 5.41) is 21.0. The van der Waals surface area contributed by atoms with Gasteiger partial charge in [0.25, 0.3) is 5.91 Å². The van der Waals surface area contributed by atoms with Gasteiger partial charge in [0, 0.05) is 6.54 Å². The van der Waals surface area contributed by atoms with Crippen molar-refractivity contribution in [2.75, 3.05) is 6.54 Å². The van der Waals surface area contributed by atoms with E-state index in [-0.39, 0.29) is 23.7 Å². The van der Waals surface area contributed by atoms with Crippen LogP contribution in [0.15, 0.2) is 36.4 Å². The standard InChI is InChI=1S/C14H12FN3O2/c15-10-3-1-9(2-4-10)13(19)8-17-14(20)12-6-5-11(7-16)18-12/h1-6,13,18-19H,8H2,(H,17,20). The summed E-state index contributed by atoms with van der Waals surface area (Å²) in [6, 6.07) is 10.2. The first kappa shape index (κ1) is 13.8. The van der Waals surface area contributed by atoms with Crippen molar-refractivity contribution < 1.29 is 14.3 Å². The molecule has 0 bridgehead atoms. The Balaban J connectivity index is 1.93. The van der Waals surface area contributed by atoms with Crippen LogP contribution in [0.3, 0.4) is 0 Å². The molecule has 0 spiro atoms. The van der Waals surface area contributed by atoms with Gasteiger partial charge in [0.1, 0.15) is 23.3 Å². The molecule has 20 heavy (non-hydrogen) atoms. The minimum Gasteiger partial charge on any atom is -0.387 e. The zero-order chi connectivity index (χ0) is 14.5. The van der Waals surface area contributed by atoms with E-state index in [2.05, 4.69) is 10.3 Å². The lowest BCUT2D eigenvalue weighted by Crippen LogP contribution is -2.28. The van der Waals surface area contributed by atoms with Crippen LogP contribution in [0.2, 0.25) is 0 Å². The molecule has 1 heterocycles. The lowest BCUT2D eigenvalue weighted by atomic mass is 10.1. The van der Waals surface area contributed by atoms with Gasteiger partial charge in [-0.3, -0.25) is 4.79 Å². The van der Waals surface area contributed by atoms with Gasteiger partial charge < -0.3 is 15.4 Å². The van der Waals surface area contributed by atoms with Crippen molar-refractivity contribution in [1.29, 1.82) is 5.26 Å². The average Bonchev–Trinajstić information content (AvgIpc) is 2.94. The maximum absolute atomic E-state index is 12.7. The van der Waals surface area contributed by atoms with E-state index in [1.165, 1.54) is 36.4 Å². The highest BCUT2D eigenvalue weighted by atomic mass is 19.1. The Morgan fingerprint density at radius 2 is 2.05 bits per heavy atom. The van der Waals surface area contributed by atoms with Crippen molar-refractivity contribution in [3.63, 3.8) is 0 Å². The summed E-state index contributed by atoms with van der Waals surface area (Å²) in [7, 11) is 0. The molecule has 5 nitrogen and oxygen atoms in total. The van der Waals surface area contributed by atoms with Gasteiger partial charge in [-0.05, 0) is 29.8 Å². The molecule has 2 rings (SSSR count). The van der Waals surface area contributed by atoms with Crippen LogP contribution in [-0.2, 0) is 0 Å². The SMILES string of the molecule is N#Cc1ccc(C(=O)NCC(O)c2ccc(F)cc2)[nH]1. The number of hydrogen-bond donors (Lipinski definition) is 3. The lowest BCUT2D eigenvalue weighted by molar-refractivity contribution is 0.0912. The highest BCUT2D eigenvalue weighted by Gasteiger charge is 2.12. The van der Waals surface area contributed by atoms with E-state index in [9.17, 15) is 14.3 Å². The number of nitrogens with zero attached hydrogens (tertiary/aromatic N) is 1. The summed E-state index contributed by atoms with van der Waals surface area (Å²) in [6.07, 6.45) is -0.926. The van der Waals surface area contributed by atoms with Gasteiger partial charge in [0.05, 0.1) is 6.10 Å². The molecule has 6 heteroatoms. The third-order valence-electron chi connectivity index (χ3n) is 2.76. The smallest absolute Gasteiger partial charge is 0.267 e. The van der Waals surface area contributed by atoms with Crippen LogP contribution >= 0.6 is 0 Å². The molecule has 0 aliphatic carbocycles. The summed E-state index contributed by atoms with van der Waals surface area (Å²) in [6.45, 7) is -0.00856. The molecule has 0 aliphatic heterocycles. The van der Waals surface area contributed by atoms with Gasteiger partial charge >= 0.3 is 0 Å². The van der Waals surface area contributed by atoms with E-state index in [1.807, 2.05) is 6.07 Å². The number of rotatable bonds is 4. The first-order chi connectivity index (χ1) is 9.60. The molecule has 1 unspecified atom stereocenters. The van der Waals surface area contributed by atoms with E-state index in [4.69, 9.17) is 5.26 Å². The number of H-pyrrole nitrogens is 1. The second-order valence-electron chi connectivity index (χ2n) is 4.17. The van der Waals surface area contributed by atoms with Gasteiger partial charge in [-0.25, -0.2) is 4.39 Å². The van der Waals surface area contributed by atoms with Crippen molar-refractivity contribution in [1.82, 2.24) is 10.3 Å². The summed E-state index contributed by atoms with van der Waals surface area (Å²) in [5.74, 6) is -0.812. The van der Waals surface area contributed by atoms with Crippen molar-refractivity contribution in [2.24, 2.45) is 0 Å². The van der Waals surface area contributed by atoms with E-state index in [0.29, 0.717) is 5.56 Å². The Kier molecular flexibility index (Phi) is 4.13. The molecule has 1 aromatic carbocycles. The average molecular weight is 273 g/mol. The van der Waals surface area contributed by atoms with Crippen LogP contribution in [0.5, 0.6) is 0 Å². The Bertz CT molecular complexity index is 643. The number of amides is 1. The molecule has 1 amide bonds. The Hall–Kier alpha value is -2.65. The van der Waals surface area contributed by atoms with E-state index < -0.39 is 12.0 Å². The summed E-state index contributed by atoms with van der Waals surface area (Å²) in [5.41, 5.74) is 1.04. The molecule has 2 aromatic rings. The number of aromatic amines is 1. The number of aliphatic hydroxyl groups excluding tert-OH is 1. The van der Waals surface area contributed by atoms with Crippen molar-refractivity contribution >= 4 is 5.91 Å². The number of nitriles is 1. The van der Waals surface area contributed by atoms with E-state index >= 15 is 0 Å². The second-order valence-corrected chi connectivity index (χ2v) is 4.17. The van der Waals surface area contributed by atoms with Gasteiger partial charge in [0.15, 0.2) is 0 Å². The van der Waals surface area contributed by atoms with Crippen LogP contribution in [0.25, 0.3) is 0 Å². The summed E-state index contributed by atoms with van der Waals surface area (Å²) >= 11 is 0. The number of nitrogens with one attached hydrogen (secondary N) is 2. The fourth-order valence-electron chi connectivity index (χ4n) is 1.68. The number of carbonyl (C=O) groups excluding carboxylic acids is 1. The fourth-order valence-corrected chi connectivity index (χ4v) is 1.68. The van der Waals surface area contributed by atoms with E-state index in [0.717, 1.165) is 0 Å². The maximum atomic E-state index is 12.7. The number of halogens is 1. The highest BCUT2D eigenvalue weighted by molar-refractivity contribution is 5.92. The molecule has 1 atom stereocenters. The molecule has 0 aliphatic rings. The molecule has 102 valence electrons. The van der Waals surface area contributed by atoms with Crippen molar-refractivity contribution in [3.05, 3.63) is 59.2 Å². The highest BCUT2D eigenvalue weighted by Crippen LogP contribution is 2.12. The normalized spacial score (nSPS) is 11.7. The quantitative estimate of drug-likeness (QED) is 0.788. The largest absolute Gasteiger partial charge is 0.387 e. The monoisotopic (exact) mass is 273 g/mol. The zero-order valence-electron chi connectivity index (χ0n) is 10.4. The van der Waals surface area contributed by atoms with Crippen LogP contribution in [-0.4, -0.2) is 22.5 Å². The Morgan fingerprint density at radius 3 is 2.65 bits per heavy atom. The second kappa shape index (κ2) is 5.99. The summed E-state index contributed by atoms with van der Waals surface area (Å²) in [4.78, 5) is 14.4. The minimum absolute atomic E-state index is 0.00856. The van der Waals surface area contributed by atoms with Gasteiger partial charge in [-0.1, -0.05) is 12.1 Å². The predicted molar refractivity (Wildman–Crippen MR) is 69.2 cm³/mol. The molecule has 0 saturated heterocycles. The molecular weight excluding hydrogens is 261 g/mol. The molecule has 0 fully saturated rings. The number of benzene rings is 1. The van der Waals surface area contributed by atoms with Crippen molar-refractivity contribution in [2.45, 2.75) is 6.10 Å². The molecule has 3 N–H and O–H groups in total. The first-order valence-electron chi connectivity index (χ1n) is 5.91. The van der Waals surface area contributed by atoms with Crippen LogP contribution in [0, 0.1) is 17.1 Å². The Labute approximate surface area is 114 Å². The third-order valence-corrected chi connectivity index (χ3v) is 2.76. The zero-order valence-corrected chi connectivity index (χ0v) is 10.4. The number of hydrogen-bond acceptors (Lipinski definition) is 3. The number of carbonyl (C=O) groups is 1. The predicted octanol–water partition coefficient (Wildman–Crippen LogP) is 1.49. The third kappa shape index (κ3) is 3.22. The van der Waals surface area contributed by atoms with Gasteiger partial charge in [-0.15, -0.1) is 0 Å². The lowest BCUT2D eigenvalue weighted by Gasteiger charge is -2.11. The van der Waals surface area contributed by atoms with Crippen LogP contribution in [0.1, 0.15) is 27.8 Å². The van der Waals surface area contributed by atoms with Gasteiger partial charge in [0.2, 0.25) is 0 Å². The molecular formula is C14H12FN3O2. The first-order valence-corrected chi connectivity index (χ1v) is 5.91. The number of aromatic nitrogens is 1. The maximum Gasteiger partial charge on any atom is 0.267 e. The van der Waals surface area contributed by atoms with Crippen LogP contribution < -0.4 is 5.32 Å². The topological polar surface area (TPSA) is 88.9 Å². The molecule has 0 saturated carbocycles. The van der Waals surface area contributed by atoms with Crippen molar-refractivity contribution in [3.8, 4) is 6.07 Å².